The number of benzene rings is 1. The SMILES string of the molecule is COc1cccc(COCC2(CS)CCC2)c1. The molecule has 0 spiro atoms. The zero-order valence-corrected chi connectivity index (χ0v) is 11.2. The van der Waals surface area contributed by atoms with Crippen molar-refractivity contribution in [3.8, 4) is 5.75 Å². The molecule has 1 aliphatic carbocycles. The summed E-state index contributed by atoms with van der Waals surface area (Å²) < 4.78 is 11.0. The molecule has 0 amide bonds. The minimum absolute atomic E-state index is 0.349. The second kappa shape index (κ2) is 5.78. The van der Waals surface area contributed by atoms with Gasteiger partial charge in [0.25, 0.3) is 0 Å². The lowest BCUT2D eigenvalue weighted by molar-refractivity contribution is 0.00214. The molecule has 0 bridgehead atoms. The monoisotopic (exact) mass is 252 g/mol. The van der Waals surface area contributed by atoms with Crippen LogP contribution in [0.4, 0.5) is 0 Å². The lowest BCUT2D eigenvalue weighted by Gasteiger charge is -2.40. The van der Waals surface area contributed by atoms with Crippen LogP contribution in [-0.2, 0) is 11.3 Å². The molecule has 1 aliphatic rings. The van der Waals surface area contributed by atoms with Crippen molar-refractivity contribution in [2.45, 2.75) is 25.9 Å². The number of hydrogen-bond donors (Lipinski definition) is 1. The van der Waals surface area contributed by atoms with Crippen molar-refractivity contribution >= 4 is 12.6 Å². The first-order chi connectivity index (χ1) is 8.28. The summed E-state index contributed by atoms with van der Waals surface area (Å²) in [7, 11) is 1.68. The van der Waals surface area contributed by atoms with Crippen LogP contribution < -0.4 is 4.74 Å². The van der Waals surface area contributed by atoms with E-state index >= 15 is 0 Å². The molecule has 0 radical (unpaired) electrons. The number of methoxy groups -OCH3 is 1. The first-order valence-corrected chi connectivity index (χ1v) is 6.73. The fourth-order valence-electron chi connectivity index (χ4n) is 2.17. The molecule has 94 valence electrons. The van der Waals surface area contributed by atoms with E-state index in [9.17, 15) is 0 Å². The van der Waals surface area contributed by atoms with Gasteiger partial charge in [0, 0.05) is 5.41 Å². The van der Waals surface area contributed by atoms with Gasteiger partial charge in [-0.05, 0) is 36.3 Å². The topological polar surface area (TPSA) is 18.5 Å². The van der Waals surface area contributed by atoms with Crippen LogP contribution in [-0.4, -0.2) is 19.5 Å². The molecule has 1 saturated carbocycles. The fourth-order valence-corrected chi connectivity index (χ4v) is 2.58. The minimum Gasteiger partial charge on any atom is -0.497 e. The smallest absolute Gasteiger partial charge is 0.119 e. The molecule has 2 rings (SSSR count). The molecule has 17 heavy (non-hydrogen) atoms. The molecular formula is C14H20O2S. The Labute approximate surface area is 109 Å². The van der Waals surface area contributed by atoms with E-state index < -0.39 is 0 Å². The Balaban J connectivity index is 1.81. The zero-order chi connectivity index (χ0) is 12.1. The van der Waals surface area contributed by atoms with E-state index in [1.165, 1.54) is 19.3 Å². The van der Waals surface area contributed by atoms with Crippen molar-refractivity contribution in [2.24, 2.45) is 5.41 Å². The molecule has 3 heteroatoms. The molecule has 2 nitrogen and oxygen atoms in total. The van der Waals surface area contributed by atoms with Gasteiger partial charge in [0.2, 0.25) is 0 Å². The first kappa shape index (κ1) is 12.8. The van der Waals surface area contributed by atoms with E-state index in [2.05, 4.69) is 18.7 Å². The number of rotatable bonds is 6. The number of hydrogen-bond acceptors (Lipinski definition) is 3. The maximum atomic E-state index is 5.81. The van der Waals surface area contributed by atoms with Gasteiger partial charge in [-0.1, -0.05) is 18.6 Å². The van der Waals surface area contributed by atoms with Crippen LogP contribution in [0, 0.1) is 5.41 Å². The summed E-state index contributed by atoms with van der Waals surface area (Å²) in [6.45, 7) is 1.49. The zero-order valence-electron chi connectivity index (χ0n) is 10.3. The van der Waals surface area contributed by atoms with E-state index in [0.717, 1.165) is 23.7 Å². The van der Waals surface area contributed by atoms with Crippen LogP contribution in [0.2, 0.25) is 0 Å². The highest BCUT2D eigenvalue weighted by molar-refractivity contribution is 7.80. The van der Waals surface area contributed by atoms with Gasteiger partial charge >= 0.3 is 0 Å². The molecule has 0 heterocycles. The predicted octanol–water partition coefficient (Wildman–Crippen LogP) is 3.31. The largest absolute Gasteiger partial charge is 0.497 e. The average Bonchev–Trinajstić information content (AvgIpc) is 2.33. The molecule has 1 fully saturated rings. The van der Waals surface area contributed by atoms with Crippen molar-refractivity contribution in [3.05, 3.63) is 29.8 Å². The Hall–Kier alpha value is -0.670. The lowest BCUT2D eigenvalue weighted by Crippen LogP contribution is -2.36. The van der Waals surface area contributed by atoms with Gasteiger partial charge in [0.1, 0.15) is 5.75 Å². The second-order valence-electron chi connectivity index (χ2n) is 4.86. The molecule has 0 aliphatic heterocycles. The van der Waals surface area contributed by atoms with E-state index in [-0.39, 0.29) is 0 Å². The average molecular weight is 252 g/mol. The highest BCUT2D eigenvalue weighted by atomic mass is 32.1. The molecule has 1 aromatic carbocycles. The molecule has 0 N–H and O–H groups in total. The van der Waals surface area contributed by atoms with E-state index in [4.69, 9.17) is 9.47 Å². The summed E-state index contributed by atoms with van der Waals surface area (Å²) in [5, 5.41) is 0. The van der Waals surface area contributed by atoms with Crippen molar-refractivity contribution < 1.29 is 9.47 Å². The van der Waals surface area contributed by atoms with Crippen LogP contribution in [0.5, 0.6) is 5.75 Å². The Bertz CT molecular complexity index is 355. The van der Waals surface area contributed by atoms with Gasteiger partial charge in [-0.25, -0.2) is 0 Å². The molecule has 0 unspecified atom stereocenters. The Kier molecular flexibility index (Phi) is 4.35. The van der Waals surface area contributed by atoms with Gasteiger partial charge in [-0.3, -0.25) is 0 Å². The van der Waals surface area contributed by atoms with Crippen LogP contribution in [0.3, 0.4) is 0 Å². The highest BCUT2D eigenvalue weighted by Crippen LogP contribution is 2.42. The minimum atomic E-state index is 0.349. The third kappa shape index (κ3) is 3.17. The van der Waals surface area contributed by atoms with Gasteiger partial charge in [-0.15, -0.1) is 0 Å². The van der Waals surface area contributed by atoms with Gasteiger partial charge < -0.3 is 9.47 Å². The molecule has 0 aromatic heterocycles. The Morgan fingerprint density at radius 2 is 2.18 bits per heavy atom. The Morgan fingerprint density at radius 3 is 2.76 bits per heavy atom. The highest BCUT2D eigenvalue weighted by Gasteiger charge is 2.35. The summed E-state index contributed by atoms with van der Waals surface area (Å²) in [6, 6.07) is 8.03. The molecule has 0 saturated heterocycles. The molecular weight excluding hydrogens is 232 g/mol. The van der Waals surface area contributed by atoms with E-state index in [1.54, 1.807) is 7.11 Å². The quantitative estimate of drug-likeness (QED) is 0.783. The van der Waals surface area contributed by atoms with Crippen molar-refractivity contribution in [3.63, 3.8) is 0 Å². The van der Waals surface area contributed by atoms with Crippen molar-refractivity contribution in [2.75, 3.05) is 19.5 Å². The van der Waals surface area contributed by atoms with E-state index in [1.807, 2.05) is 18.2 Å². The maximum Gasteiger partial charge on any atom is 0.119 e. The third-order valence-electron chi connectivity index (χ3n) is 3.56. The van der Waals surface area contributed by atoms with Gasteiger partial charge in [0.05, 0.1) is 20.3 Å². The number of ether oxygens (including phenoxy) is 2. The fraction of sp³-hybridized carbons (Fsp3) is 0.571. The predicted molar refractivity (Wildman–Crippen MR) is 72.8 cm³/mol. The van der Waals surface area contributed by atoms with Crippen molar-refractivity contribution in [1.29, 1.82) is 0 Å². The number of thiol groups is 1. The summed E-state index contributed by atoms with van der Waals surface area (Å²) in [6.07, 6.45) is 3.84. The summed E-state index contributed by atoms with van der Waals surface area (Å²) in [5.74, 6) is 1.82. The summed E-state index contributed by atoms with van der Waals surface area (Å²) in [5.41, 5.74) is 1.51. The maximum absolute atomic E-state index is 5.81. The van der Waals surface area contributed by atoms with Crippen LogP contribution in [0.25, 0.3) is 0 Å². The van der Waals surface area contributed by atoms with Gasteiger partial charge in [0.15, 0.2) is 0 Å². The van der Waals surface area contributed by atoms with Crippen molar-refractivity contribution in [1.82, 2.24) is 0 Å². The molecule has 0 atom stereocenters. The second-order valence-corrected chi connectivity index (χ2v) is 5.17. The van der Waals surface area contributed by atoms with Crippen LogP contribution >= 0.6 is 12.6 Å². The summed E-state index contributed by atoms with van der Waals surface area (Å²) in [4.78, 5) is 0. The van der Waals surface area contributed by atoms with Crippen LogP contribution in [0.15, 0.2) is 24.3 Å². The van der Waals surface area contributed by atoms with Crippen LogP contribution in [0.1, 0.15) is 24.8 Å². The standard InChI is InChI=1S/C14H20O2S/c1-15-13-5-2-4-12(8-13)9-16-10-14(11-17)6-3-7-14/h2,4-5,8,17H,3,6-7,9-11H2,1H3. The lowest BCUT2D eigenvalue weighted by atomic mass is 9.71. The third-order valence-corrected chi connectivity index (χ3v) is 4.23. The van der Waals surface area contributed by atoms with Gasteiger partial charge in [-0.2, -0.15) is 12.6 Å². The molecule has 1 aromatic rings. The van der Waals surface area contributed by atoms with E-state index in [0.29, 0.717) is 12.0 Å². The summed E-state index contributed by atoms with van der Waals surface area (Å²) >= 11 is 4.42. The normalized spacial score (nSPS) is 17.5. The Morgan fingerprint density at radius 1 is 1.35 bits per heavy atom. The first-order valence-electron chi connectivity index (χ1n) is 6.10.